The third kappa shape index (κ3) is 2.95. The lowest BCUT2D eigenvalue weighted by molar-refractivity contribution is -0.127. The number of H-pyrrole nitrogens is 1. The number of fused-ring (bicyclic) bond motifs is 1. The number of amides is 1. The van der Waals surface area contributed by atoms with E-state index in [9.17, 15) is 4.79 Å². The van der Waals surface area contributed by atoms with Crippen LogP contribution in [-0.2, 0) is 11.2 Å². The molecule has 2 rings (SSSR count). The lowest BCUT2D eigenvalue weighted by Gasteiger charge is -2.18. The summed E-state index contributed by atoms with van der Waals surface area (Å²) in [4.78, 5) is 25.6. The maximum absolute atomic E-state index is 12.1. The van der Waals surface area contributed by atoms with Crippen LogP contribution in [0.1, 0.15) is 26.3 Å². The zero-order chi connectivity index (χ0) is 14.5. The van der Waals surface area contributed by atoms with Gasteiger partial charge in [0.25, 0.3) is 0 Å². The van der Waals surface area contributed by atoms with Crippen molar-refractivity contribution in [1.29, 1.82) is 0 Å². The van der Waals surface area contributed by atoms with Gasteiger partial charge in [0.15, 0.2) is 0 Å². The second kappa shape index (κ2) is 6.74. The van der Waals surface area contributed by atoms with Gasteiger partial charge in [-0.1, -0.05) is 18.7 Å². The Morgan fingerprint density at radius 2 is 2.05 bits per heavy atom. The van der Waals surface area contributed by atoms with Crippen molar-refractivity contribution >= 4 is 28.7 Å². The summed E-state index contributed by atoms with van der Waals surface area (Å²) in [6.45, 7) is 7.59. The van der Waals surface area contributed by atoms with E-state index in [1.54, 1.807) is 6.33 Å². The summed E-state index contributed by atoms with van der Waals surface area (Å²) in [5.74, 6) is 0.572. The fourth-order valence-electron chi connectivity index (χ4n) is 2.18. The molecule has 2 aromatic heterocycles. The number of rotatable bonds is 6. The summed E-state index contributed by atoms with van der Waals surface area (Å²) in [7, 11) is 0. The molecular weight excluding hydrogens is 272 g/mol. The van der Waals surface area contributed by atoms with Crippen molar-refractivity contribution in [3.63, 3.8) is 0 Å². The molecule has 0 aliphatic carbocycles. The molecule has 1 N–H and O–H groups in total. The van der Waals surface area contributed by atoms with Crippen molar-refractivity contribution < 1.29 is 4.79 Å². The van der Waals surface area contributed by atoms with E-state index in [-0.39, 0.29) is 5.91 Å². The van der Waals surface area contributed by atoms with Gasteiger partial charge in [-0.05, 0) is 25.8 Å². The molecule has 1 amide bonds. The summed E-state index contributed by atoms with van der Waals surface area (Å²) in [5.41, 5.74) is 2.04. The largest absolute Gasteiger partial charge is 0.346 e. The molecule has 0 atom stereocenters. The molecule has 6 heteroatoms. The smallest absolute Gasteiger partial charge is 0.232 e. The Labute approximate surface area is 123 Å². The van der Waals surface area contributed by atoms with Crippen LogP contribution in [0.15, 0.2) is 17.6 Å². The van der Waals surface area contributed by atoms with Gasteiger partial charge in [-0.2, -0.15) is 0 Å². The van der Waals surface area contributed by atoms with E-state index in [0.717, 1.165) is 35.6 Å². The highest BCUT2D eigenvalue weighted by molar-refractivity contribution is 8.00. The summed E-state index contributed by atoms with van der Waals surface area (Å²) in [6, 6.07) is 0. The predicted octanol–water partition coefficient (Wildman–Crippen LogP) is 2.48. The molecule has 0 saturated carbocycles. The third-order valence-corrected chi connectivity index (χ3v) is 4.32. The lowest BCUT2D eigenvalue weighted by Crippen LogP contribution is -2.31. The predicted molar refractivity (Wildman–Crippen MR) is 81.9 cm³/mol. The SMILES string of the molecule is CCc1c[nH]c2ncnc(SCC(=O)N(CC)CC)c12. The minimum absolute atomic E-state index is 0.153. The van der Waals surface area contributed by atoms with Crippen molar-refractivity contribution in [3.05, 3.63) is 18.1 Å². The number of hydrogen-bond donors (Lipinski definition) is 1. The number of hydrogen-bond acceptors (Lipinski definition) is 4. The molecule has 0 bridgehead atoms. The first kappa shape index (κ1) is 14.8. The number of aromatic nitrogens is 3. The van der Waals surface area contributed by atoms with Gasteiger partial charge in [0.2, 0.25) is 5.91 Å². The number of aryl methyl sites for hydroxylation is 1. The number of nitrogens with zero attached hydrogens (tertiary/aromatic N) is 3. The Hall–Kier alpha value is -1.56. The van der Waals surface area contributed by atoms with Crippen LogP contribution < -0.4 is 0 Å². The quantitative estimate of drug-likeness (QED) is 0.656. The minimum atomic E-state index is 0.153. The molecule has 108 valence electrons. The van der Waals surface area contributed by atoms with Gasteiger partial charge < -0.3 is 9.88 Å². The van der Waals surface area contributed by atoms with Gasteiger partial charge in [0.1, 0.15) is 17.0 Å². The van der Waals surface area contributed by atoms with Crippen LogP contribution >= 0.6 is 11.8 Å². The zero-order valence-corrected chi connectivity index (χ0v) is 13.0. The van der Waals surface area contributed by atoms with Gasteiger partial charge in [0.05, 0.1) is 11.1 Å². The number of thioether (sulfide) groups is 1. The molecule has 0 unspecified atom stereocenters. The van der Waals surface area contributed by atoms with E-state index in [0.29, 0.717) is 5.75 Å². The molecule has 2 heterocycles. The molecule has 0 spiro atoms. The molecule has 20 heavy (non-hydrogen) atoms. The Bertz CT molecular complexity index is 592. The van der Waals surface area contributed by atoms with Gasteiger partial charge >= 0.3 is 0 Å². The van der Waals surface area contributed by atoms with Crippen molar-refractivity contribution in [2.24, 2.45) is 0 Å². The molecule has 0 radical (unpaired) electrons. The summed E-state index contributed by atoms with van der Waals surface area (Å²) in [6.07, 6.45) is 4.43. The van der Waals surface area contributed by atoms with Crippen molar-refractivity contribution in [1.82, 2.24) is 19.9 Å². The van der Waals surface area contributed by atoms with Crippen LogP contribution in [0.25, 0.3) is 11.0 Å². The third-order valence-electron chi connectivity index (χ3n) is 3.35. The van der Waals surface area contributed by atoms with Gasteiger partial charge in [0, 0.05) is 19.3 Å². The number of carbonyl (C=O) groups is 1. The second-order valence-corrected chi connectivity index (χ2v) is 5.39. The number of nitrogens with one attached hydrogen (secondary N) is 1. The minimum Gasteiger partial charge on any atom is -0.346 e. The first-order valence-corrected chi connectivity index (χ1v) is 7.91. The molecule has 0 saturated heterocycles. The summed E-state index contributed by atoms with van der Waals surface area (Å²) in [5, 5.41) is 1.93. The fraction of sp³-hybridized carbons (Fsp3) is 0.500. The second-order valence-electron chi connectivity index (χ2n) is 4.42. The van der Waals surface area contributed by atoms with E-state index >= 15 is 0 Å². The van der Waals surface area contributed by atoms with Crippen molar-refractivity contribution in [3.8, 4) is 0 Å². The molecular formula is C14H20N4OS. The summed E-state index contributed by atoms with van der Waals surface area (Å²) >= 11 is 1.49. The van der Waals surface area contributed by atoms with E-state index in [1.807, 2.05) is 24.9 Å². The number of aromatic amines is 1. The van der Waals surface area contributed by atoms with Crippen molar-refractivity contribution in [2.75, 3.05) is 18.8 Å². The average molecular weight is 292 g/mol. The Morgan fingerprint density at radius 1 is 1.30 bits per heavy atom. The Morgan fingerprint density at radius 3 is 2.70 bits per heavy atom. The van der Waals surface area contributed by atoms with Crippen LogP contribution in [0.4, 0.5) is 0 Å². The maximum atomic E-state index is 12.1. The maximum Gasteiger partial charge on any atom is 0.232 e. The molecule has 0 fully saturated rings. The first-order valence-electron chi connectivity index (χ1n) is 6.92. The van der Waals surface area contributed by atoms with E-state index in [1.165, 1.54) is 17.3 Å². The zero-order valence-electron chi connectivity index (χ0n) is 12.1. The first-order chi connectivity index (χ1) is 9.71. The summed E-state index contributed by atoms with van der Waals surface area (Å²) < 4.78 is 0. The highest BCUT2D eigenvalue weighted by Gasteiger charge is 2.14. The van der Waals surface area contributed by atoms with Crippen LogP contribution in [0, 0.1) is 0 Å². The lowest BCUT2D eigenvalue weighted by atomic mass is 10.2. The van der Waals surface area contributed by atoms with E-state index in [4.69, 9.17) is 0 Å². The molecule has 0 aliphatic rings. The van der Waals surface area contributed by atoms with Crippen LogP contribution in [0.2, 0.25) is 0 Å². The highest BCUT2D eigenvalue weighted by Crippen LogP contribution is 2.27. The standard InChI is InChI=1S/C14H20N4OS/c1-4-10-7-15-13-12(10)14(17-9-16-13)20-8-11(19)18(5-2)6-3/h7,9H,4-6,8H2,1-3H3,(H,15,16,17). The Kier molecular flexibility index (Phi) is 5.00. The monoisotopic (exact) mass is 292 g/mol. The Balaban J connectivity index is 2.17. The van der Waals surface area contributed by atoms with Crippen LogP contribution in [0.5, 0.6) is 0 Å². The topological polar surface area (TPSA) is 61.9 Å². The van der Waals surface area contributed by atoms with Gasteiger partial charge in [-0.15, -0.1) is 0 Å². The molecule has 0 aromatic carbocycles. The van der Waals surface area contributed by atoms with Gasteiger partial charge in [-0.3, -0.25) is 4.79 Å². The van der Waals surface area contributed by atoms with Crippen LogP contribution in [0.3, 0.4) is 0 Å². The number of carbonyl (C=O) groups excluding carboxylic acids is 1. The van der Waals surface area contributed by atoms with Crippen LogP contribution in [-0.4, -0.2) is 44.6 Å². The highest BCUT2D eigenvalue weighted by atomic mass is 32.2. The normalized spacial score (nSPS) is 10.9. The fourth-order valence-corrected chi connectivity index (χ4v) is 3.12. The molecule has 5 nitrogen and oxygen atoms in total. The molecule has 2 aromatic rings. The van der Waals surface area contributed by atoms with E-state index in [2.05, 4.69) is 21.9 Å². The van der Waals surface area contributed by atoms with E-state index < -0.39 is 0 Å². The van der Waals surface area contributed by atoms with Gasteiger partial charge in [-0.25, -0.2) is 9.97 Å². The molecule has 0 aliphatic heterocycles. The van der Waals surface area contributed by atoms with Crippen molar-refractivity contribution in [2.45, 2.75) is 32.2 Å². The average Bonchev–Trinajstić information content (AvgIpc) is 2.90.